The third-order valence-electron chi connectivity index (χ3n) is 5.35. The predicted octanol–water partition coefficient (Wildman–Crippen LogP) is 4.29. The van der Waals surface area contributed by atoms with Crippen LogP contribution in [0.15, 0.2) is 52.7 Å². The molecule has 0 unspecified atom stereocenters. The molecule has 2 aromatic carbocycles. The van der Waals surface area contributed by atoms with Crippen LogP contribution in [0.4, 0.5) is 4.39 Å². The van der Waals surface area contributed by atoms with Crippen LogP contribution in [0.1, 0.15) is 34.2 Å². The van der Waals surface area contributed by atoms with E-state index in [1.807, 2.05) is 13.0 Å². The topological polar surface area (TPSA) is 93.8 Å². The number of carbonyl (C=O) groups excluding carboxylic acids is 1. The Hall–Kier alpha value is -4.07. The molecule has 2 N–H and O–H groups in total. The Balaban J connectivity index is 1.75. The Kier molecular flexibility index (Phi) is 5.68. The average Bonchev–Trinajstić information content (AvgIpc) is 3.41. The van der Waals surface area contributed by atoms with Gasteiger partial charge in [0.2, 0.25) is 11.5 Å². The molecule has 0 saturated heterocycles. The summed E-state index contributed by atoms with van der Waals surface area (Å²) in [7, 11) is 2.92. The van der Waals surface area contributed by atoms with Crippen molar-refractivity contribution >= 4 is 23.1 Å². The molecule has 0 radical (unpaired) electrons. The summed E-state index contributed by atoms with van der Waals surface area (Å²) in [5.74, 6) is -0.227. The van der Waals surface area contributed by atoms with Crippen LogP contribution >= 0.6 is 0 Å². The maximum absolute atomic E-state index is 14.1. The second kappa shape index (κ2) is 8.58. The number of allylic oxidation sites excluding steroid dienone is 2. The van der Waals surface area contributed by atoms with Crippen molar-refractivity contribution in [2.45, 2.75) is 6.92 Å². The van der Waals surface area contributed by atoms with Crippen LogP contribution in [-0.2, 0) is 0 Å². The number of carbonyl (C=O) groups is 1. The zero-order valence-electron chi connectivity index (χ0n) is 17.7. The van der Waals surface area contributed by atoms with Gasteiger partial charge in [-0.2, -0.15) is 0 Å². The molecule has 1 aromatic heterocycles. The SMILES string of the molecule is COc1cc(C=C2C(C)=C(CNC(=O)c3ccno3)c3cc(F)ccc32)cc(OC)c1O. The Morgan fingerprint density at radius 2 is 1.88 bits per heavy atom. The van der Waals surface area contributed by atoms with E-state index in [-0.39, 0.29) is 35.4 Å². The maximum Gasteiger partial charge on any atom is 0.290 e. The maximum atomic E-state index is 14.1. The highest BCUT2D eigenvalue weighted by atomic mass is 19.1. The third-order valence-corrected chi connectivity index (χ3v) is 5.35. The lowest BCUT2D eigenvalue weighted by Crippen LogP contribution is -2.24. The van der Waals surface area contributed by atoms with E-state index in [0.717, 1.165) is 27.8 Å². The van der Waals surface area contributed by atoms with Gasteiger partial charge in [-0.05, 0) is 70.7 Å². The number of hydrogen-bond donors (Lipinski definition) is 2. The fourth-order valence-corrected chi connectivity index (χ4v) is 3.73. The summed E-state index contributed by atoms with van der Waals surface area (Å²) in [6, 6.07) is 9.40. The van der Waals surface area contributed by atoms with Gasteiger partial charge in [0.25, 0.3) is 5.91 Å². The quantitative estimate of drug-likeness (QED) is 0.599. The van der Waals surface area contributed by atoms with Crippen molar-refractivity contribution in [2.75, 3.05) is 20.8 Å². The zero-order valence-corrected chi connectivity index (χ0v) is 17.7. The van der Waals surface area contributed by atoms with Gasteiger partial charge in [-0.1, -0.05) is 11.2 Å². The number of benzene rings is 2. The summed E-state index contributed by atoms with van der Waals surface area (Å²) in [4.78, 5) is 12.3. The van der Waals surface area contributed by atoms with Crippen molar-refractivity contribution in [2.24, 2.45) is 0 Å². The van der Waals surface area contributed by atoms with Gasteiger partial charge in [0.05, 0.1) is 20.4 Å². The van der Waals surface area contributed by atoms with Crippen molar-refractivity contribution in [3.63, 3.8) is 0 Å². The first-order valence-corrected chi connectivity index (χ1v) is 9.79. The number of hydrogen-bond acceptors (Lipinski definition) is 6. The average molecular weight is 436 g/mol. The minimum absolute atomic E-state index is 0.0888. The lowest BCUT2D eigenvalue weighted by Gasteiger charge is -2.11. The van der Waals surface area contributed by atoms with Crippen molar-refractivity contribution in [1.29, 1.82) is 0 Å². The molecule has 1 amide bonds. The van der Waals surface area contributed by atoms with Gasteiger partial charge in [0.15, 0.2) is 11.5 Å². The largest absolute Gasteiger partial charge is 0.502 e. The van der Waals surface area contributed by atoms with E-state index in [1.54, 1.807) is 18.2 Å². The van der Waals surface area contributed by atoms with Crippen LogP contribution in [0.2, 0.25) is 0 Å². The molecule has 3 aromatic rings. The molecule has 0 atom stereocenters. The Labute approximate surface area is 183 Å². The number of halogens is 1. The van der Waals surface area contributed by atoms with Gasteiger partial charge in [0.1, 0.15) is 5.82 Å². The summed E-state index contributed by atoms with van der Waals surface area (Å²) in [5, 5.41) is 16.5. The monoisotopic (exact) mass is 436 g/mol. The zero-order chi connectivity index (χ0) is 22.8. The lowest BCUT2D eigenvalue weighted by atomic mass is 10.00. The van der Waals surface area contributed by atoms with E-state index in [0.29, 0.717) is 5.56 Å². The van der Waals surface area contributed by atoms with E-state index >= 15 is 0 Å². The summed E-state index contributed by atoms with van der Waals surface area (Å²) < 4.78 is 29.4. The summed E-state index contributed by atoms with van der Waals surface area (Å²) in [6.07, 6.45) is 3.29. The molecule has 1 aliphatic carbocycles. The Morgan fingerprint density at radius 3 is 2.50 bits per heavy atom. The molecule has 0 fully saturated rings. The van der Waals surface area contributed by atoms with Crippen LogP contribution in [0.25, 0.3) is 17.2 Å². The molecule has 32 heavy (non-hydrogen) atoms. The van der Waals surface area contributed by atoms with Crippen LogP contribution < -0.4 is 14.8 Å². The number of aromatic nitrogens is 1. The summed E-state index contributed by atoms with van der Waals surface area (Å²) in [5.41, 5.74) is 4.79. The van der Waals surface area contributed by atoms with Gasteiger partial charge in [0, 0.05) is 12.6 Å². The van der Waals surface area contributed by atoms with E-state index in [2.05, 4.69) is 10.5 Å². The Morgan fingerprint density at radius 1 is 1.16 bits per heavy atom. The predicted molar refractivity (Wildman–Crippen MR) is 117 cm³/mol. The number of methoxy groups -OCH3 is 2. The first kappa shape index (κ1) is 21.2. The number of phenolic OH excluding ortho intramolecular Hbond substituents is 1. The second-order valence-electron chi connectivity index (χ2n) is 7.18. The minimum atomic E-state index is -0.411. The molecule has 0 spiro atoms. The van der Waals surface area contributed by atoms with Crippen molar-refractivity contribution in [3.8, 4) is 17.2 Å². The third kappa shape index (κ3) is 3.82. The van der Waals surface area contributed by atoms with E-state index in [4.69, 9.17) is 14.0 Å². The highest BCUT2D eigenvalue weighted by Gasteiger charge is 2.25. The van der Waals surface area contributed by atoms with Crippen LogP contribution in [-0.4, -0.2) is 36.9 Å². The summed E-state index contributed by atoms with van der Waals surface area (Å²) in [6.45, 7) is 2.09. The van der Waals surface area contributed by atoms with E-state index in [1.165, 1.54) is 38.6 Å². The molecular weight excluding hydrogens is 415 g/mol. The molecular formula is C24H21FN2O5. The van der Waals surface area contributed by atoms with Gasteiger partial charge >= 0.3 is 0 Å². The highest BCUT2D eigenvalue weighted by molar-refractivity contribution is 6.06. The van der Waals surface area contributed by atoms with Crippen LogP contribution in [0.5, 0.6) is 17.2 Å². The normalized spacial score (nSPS) is 13.9. The molecule has 7 nitrogen and oxygen atoms in total. The number of amides is 1. The second-order valence-corrected chi connectivity index (χ2v) is 7.18. The molecule has 164 valence electrons. The first-order valence-electron chi connectivity index (χ1n) is 9.79. The number of phenols is 1. The lowest BCUT2D eigenvalue weighted by molar-refractivity contribution is 0.0922. The minimum Gasteiger partial charge on any atom is -0.502 e. The summed E-state index contributed by atoms with van der Waals surface area (Å²) >= 11 is 0. The fraction of sp³-hybridized carbons (Fsp3) is 0.167. The van der Waals surface area contributed by atoms with Crippen LogP contribution in [0.3, 0.4) is 0 Å². The number of ether oxygens (including phenoxy) is 2. The van der Waals surface area contributed by atoms with E-state index < -0.39 is 5.91 Å². The number of aromatic hydroxyl groups is 1. The van der Waals surface area contributed by atoms with Crippen LogP contribution in [0, 0.1) is 5.82 Å². The first-order chi connectivity index (χ1) is 15.4. The molecule has 0 aliphatic heterocycles. The molecule has 8 heteroatoms. The molecule has 0 bridgehead atoms. The van der Waals surface area contributed by atoms with Gasteiger partial charge in [-0.15, -0.1) is 0 Å². The fourth-order valence-electron chi connectivity index (χ4n) is 3.73. The number of nitrogens with one attached hydrogen (secondary N) is 1. The molecule has 1 heterocycles. The number of rotatable bonds is 6. The molecule has 4 rings (SSSR count). The number of nitrogens with zero attached hydrogens (tertiary/aromatic N) is 1. The standard InChI is InChI=1S/C24H21FN2O5/c1-13-17(8-14-9-21(30-2)23(28)22(10-14)31-3)16-5-4-15(25)11-18(16)19(13)12-26-24(29)20-6-7-27-32-20/h4-11,28H,12H2,1-3H3,(H,26,29). The van der Waals surface area contributed by atoms with Gasteiger partial charge < -0.3 is 24.4 Å². The number of fused-ring (bicyclic) bond motifs is 1. The van der Waals surface area contributed by atoms with Gasteiger partial charge in [-0.25, -0.2) is 4.39 Å². The van der Waals surface area contributed by atoms with Gasteiger partial charge in [-0.3, -0.25) is 4.79 Å². The van der Waals surface area contributed by atoms with E-state index in [9.17, 15) is 14.3 Å². The molecule has 0 saturated carbocycles. The Bertz CT molecular complexity index is 1220. The highest BCUT2D eigenvalue weighted by Crippen LogP contribution is 2.44. The van der Waals surface area contributed by atoms with Crippen molar-refractivity contribution in [1.82, 2.24) is 10.5 Å². The molecule has 1 aliphatic rings. The van der Waals surface area contributed by atoms with Crippen molar-refractivity contribution in [3.05, 3.63) is 76.4 Å². The van der Waals surface area contributed by atoms with Crippen molar-refractivity contribution < 1.29 is 28.3 Å². The smallest absolute Gasteiger partial charge is 0.290 e.